The number of carbonyl (C=O) groups excluding carboxylic acids is 1. The fourth-order valence-electron chi connectivity index (χ4n) is 3.85. The summed E-state index contributed by atoms with van der Waals surface area (Å²) >= 11 is 0. The summed E-state index contributed by atoms with van der Waals surface area (Å²) in [6.45, 7) is 9.97. The monoisotopic (exact) mass is 337 g/mol. The van der Waals surface area contributed by atoms with Crippen molar-refractivity contribution in [2.45, 2.75) is 39.7 Å². The molecule has 0 saturated carbocycles. The lowest BCUT2D eigenvalue weighted by Crippen LogP contribution is -2.35. The van der Waals surface area contributed by atoms with Crippen molar-refractivity contribution < 1.29 is 4.79 Å². The fourth-order valence-corrected chi connectivity index (χ4v) is 3.85. The Morgan fingerprint density at radius 2 is 2.08 bits per heavy atom. The number of anilines is 2. The molecule has 1 amide bonds. The molecule has 0 spiro atoms. The Labute approximate surface area is 147 Å². The molecule has 0 saturated heterocycles. The SMILES string of the molecule is C=C(C)n1nc(N2CCCc3cnccc32)c2c1CCN(C(C)=O)C2. The minimum absolute atomic E-state index is 0.114. The third kappa shape index (κ3) is 2.62. The molecule has 0 aliphatic carbocycles. The van der Waals surface area contributed by atoms with E-state index in [2.05, 4.69) is 22.5 Å². The van der Waals surface area contributed by atoms with Crippen molar-refractivity contribution in [3.63, 3.8) is 0 Å². The second kappa shape index (κ2) is 6.02. The minimum Gasteiger partial charge on any atom is -0.338 e. The molecule has 0 atom stereocenters. The first-order valence-corrected chi connectivity index (χ1v) is 8.79. The van der Waals surface area contributed by atoms with Crippen LogP contribution in [0.3, 0.4) is 0 Å². The number of hydrogen-bond donors (Lipinski definition) is 0. The van der Waals surface area contributed by atoms with Crippen molar-refractivity contribution in [1.82, 2.24) is 19.7 Å². The molecule has 4 rings (SSSR count). The van der Waals surface area contributed by atoms with Crippen LogP contribution < -0.4 is 4.90 Å². The first kappa shape index (κ1) is 15.9. The number of rotatable bonds is 2. The average Bonchev–Trinajstić information content (AvgIpc) is 3.00. The van der Waals surface area contributed by atoms with Crippen LogP contribution in [0.4, 0.5) is 11.5 Å². The number of aromatic nitrogens is 3. The van der Waals surface area contributed by atoms with Crippen molar-refractivity contribution in [3.05, 3.63) is 41.9 Å². The van der Waals surface area contributed by atoms with Gasteiger partial charge in [-0.2, -0.15) is 0 Å². The lowest BCUT2D eigenvalue weighted by Gasteiger charge is -2.32. The summed E-state index contributed by atoms with van der Waals surface area (Å²) in [6, 6.07) is 2.06. The van der Waals surface area contributed by atoms with E-state index < -0.39 is 0 Å². The normalized spacial score (nSPS) is 16.4. The lowest BCUT2D eigenvalue weighted by molar-refractivity contribution is -0.129. The second-order valence-corrected chi connectivity index (χ2v) is 6.85. The van der Waals surface area contributed by atoms with Crippen LogP contribution in [-0.2, 0) is 24.2 Å². The van der Waals surface area contributed by atoms with E-state index in [-0.39, 0.29) is 5.91 Å². The van der Waals surface area contributed by atoms with Crippen LogP contribution in [0.1, 0.15) is 37.1 Å². The van der Waals surface area contributed by atoms with Crippen LogP contribution in [0.25, 0.3) is 5.70 Å². The number of nitrogens with zero attached hydrogens (tertiary/aromatic N) is 5. The van der Waals surface area contributed by atoms with Gasteiger partial charge in [0.15, 0.2) is 5.82 Å². The van der Waals surface area contributed by atoms with Gasteiger partial charge in [0, 0.05) is 55.8 Å². The zero-order chi connectivity index (χ0) is 17.6. The zero-order valence-corrected chi connectivity index (χ0v) is 14.8. The number of carbonyl (C=O) groups is 1. The topological polar surface area (TPSA) is 54.3 Å². The number of aryl methyl sites for hydroxylation is 1. The lowest BCUT2D eigenvalue weighted by atomic mass is 10.0. The van der Waals surface area contributed by atoms with E-state index in [9.17, 15) is 4.79 Å². The Hall–Kier alpha value is -2.63. The minimum atomic E-state index is 0.114. The molecule has 130 valence electrons. The molecule has 0 fully saturated rings. The highest BCUT2D eigenvalue weighted by molar-refractivity contribution is 5.75. The predicted octanol–water partition coefficient (Wildman–Crippen LogP) is 2.76. The third-order valence-corrected chi connectivity index (χ3v) is 5.10. The smallest absolute Gasteiger partial charge is 0.219 e. The molecule has 2 aromatic rings. The van der Waals surface area contributed by atoms with E-state index in [1.54, 1.807) is 6.92 Å². The van der Waals surface area contributed by atoms with E-state index in [0.29, 0.717) is 6.54 Å². The van der Waals surface area contributed by atoms with E-state index in [1.165, 1.54) is 16.9 Å². The maximum absolute atomic E-state index is 11.9. The number of pyridine rings is 1. The molecule has 4 heterocycles. The zero-order valence-electron chi connectivity index (χ0n) is 14.8. The summed E-state index contributed by atoms with van der Waals surface area (Å²) in [7, 11) is 0. The number of allylic oxidation sites excluding steroid dienone is 1. The Bertz CT molecular complexity index is 853. The Kier molecular flexibility index (Phi) is 3.82. The fraction of sp³-hybridized carbons (Fsp3) is 0.421. The van der Waals surface area contributed by atoms with Crippen molar-refractivity contribution in [2.75, 3.05) is 18.0 Å². The van der Waals surface area contributed by atoms with Crippen molar-refractivity contribution in [1.29, 1.82) is 0 Å². The molecule has 6 heteroatoms. The maximum Gasteiger partial charge on any atom is 0.219 e. The molecular weight excluding hydrogens is 314 g/mol. The number of fused-ring (bicyclic) bond motifs is 2. The number of hydrogen-bond acceptors (Lipinski definition) is 4. The van der Waals surface area contributed by atoms with E-state index >= 15 is 0 Å². The van der Waals surface area contributed by atoms with E-state index in [4.69, 9.17) is 5.10 Å². The molecule has 0 radical (unpaired) electrons. The van der Waals surface area contributed by atoms with Gasteiger partial charge >= 0.3 is 0 Å². The second-order valence-electron chi connectivity index (χ2n) is 6.85. The molecule has 2 aliphatic heterocycles. The molecule has 0 N–H and O–H groups in total. The van der Waals surface area contributed by atoms with Gasteiger partial charge in [-0.1, -0.05) is 6.58 Å². The van der Waals surface area contributed by atoms with Crippen LogP contribution in [0.5, 0.6) is 0 Å². The van der Waals surface area contributed by atoms with Crippen LogP contribution in [0.2, 0.25) is 0 Å². The van der Waals surface area contributed by atoms with Crippen molar-refractivity contribution in [3.8, 4) is 0 Å². The Morgan fingerprint density at radius 1 is 1.24 bits per heavy atom. The average molecular weight is 337 g/mol. The van der Waals surface area contributed by atoms with Crippen molar-refractivity contribution >= 4 is 23.1 Å². The Morgan fingerprint density at radius 3 is 2.84 bits per heavy atom. The van der Waals surface area contributed by atoms with Gasteiger partial charge < -0.3 is 9.80 Å². The van der Waals surface area contributed by atoms with Crippen molar-refractivity contribution in [2.24, 2.45) is 0 Å². The largest absolute Gasteiger partial charge is 0.338 e. The first-order valence-electron chi connectivity index (χ1n) is 8.79. The standard InChI is InChI=1S/C19H23N5O/c1-13(2)24-18-7-10-22(14(3)25)12-16(18)19(21-24)23-9-4-5-15-11-20-8-6-17(15)23/h6,8,11H,1,4-5,7,9-10,12H2,2-3H3. The van der Waals surface area contributed by atoms with Gasteiger partial charge in [0.05, 0.1) is 12.2 Å². The third-order valence-electron chi connectivity index (χ3n) is 5.10. The van der Waals surface area contributed by atoms with Crippen LogP contribution in [-0.4, -0.2) is 38.7 Å². The van der Waals surface area contributed by atoms with Crippen LogP contribution >= 0.6 is 0 Å². The van der Waals surface area contributed by atoms with Gasteiger partial charge in [0.25, 0.3) is 0 Å². The van der Waals surface area contributed by atoms with Crippen LogP contribution in [0.15, 0.2) is 25.0 Å². The highest BCUT2D eigenvalue weighted by atomic mass is 16.2. The molecule has 2 aromatic heterocycles. The molecule has 0 aromatic carbocycles. The molecule has 0 unspecified atom stereocenters. The quantitative estimate of drug-likeness (QED) is 0.845. The van der Waals surface area contributed by atoms with Gasteiger partial charge in [0.1, 0.15) is 0 Å². The van der Waals surface area contributed by atoms with Gasteiger partial charge in [-0.25, -0.2) is 4.68 Å². The highest BCUT2D eigenvalue weighted by Crippen LogP contribution is 2.37. The molecule has 0 bridgehead atoms. The number of amides is 1. The summed E-state index contributed by atoms with van der Waals surface area (Å²) in [4.78, 5) is 20.3. The van der Waals surface area contributed by atoms with Crippen LogP contribution in [0, 0.1) is 0 Å². The summed E-state index contributed by atoms with van der Waals surface area (Å²) in [5.74, 6) is 1.07. The van der Waals surface area contributed by atoms with E-state index in [1.807, 2.05) is 28.9 Å². The van der Waals surface area contributed by atoms with Gasteiger partial charge in [-0.15, -0.1) is 5.10 Å². The summed E-state index contributed by atoms with van der Waals surface area (Å²) < 4.78 is 1.96. The summed E-state index contributed by atoms with van der Waals surface area (Å²) in [5.41, 5.74) is 5.67. The molecule has 25 heavy (non-hydrogen) atoms. The Balaban J connectivity index is 1.83. The van der Waals surface area contributed by atoms with Gasteiger partial charge in [0.2, 0.25) is 5.91 Å². The summed E-state index contributed by atoms with van der Waals surface area (Å²) in [5, 5.41) is 4.89. The molecular formula is C19H23N5O. The molecule has 2 aliphatic rings. The first-order chi connectivity index (χ1) is 12.1. The predicted molar refractivity (Wildman–Crippen MR) is 97.6 cm³/mol. The van der Waals surface area contributed by atoms with Gasteiger partial charge in [-0.05, 0) is 31.4 Å². The van der Waals surface area contributed by atoms with E-state index in [0.717, 1.165) is 49.4 Å². The van der Waals surface area contributed by atoms with Gasteiger partial charge in [-0.3, -0.25) is 9.78 Å². The highest BCUT2D eigenvalue weighted by Gasteiger charge is 2.31. The molecule has 6 nitrogen and oxygen atoms in total. The summed E-state index contributed by atoms with van der Waals surface area (Å²) in [6.07, 6.45) is 6.71. The maximum atomic E-state index is 11.9.